The zero-order valence-electron chi connectivity index (χ0n) is 24.8. The van der Waals surface area contributed by atoms with Crippen LogP contribution in [-0.2, 0) is 31.3 Å². The summed E-state index contributed by atoms with van der Waals surface area (Å²) in [5.41, 5.74) is 0.512. The van der Waals surface area contributed by atoms with Crippen molar-refractivity contribution in [3.8, 4) is 11.5 Å². The summed E-state index contributed by atoms with van der Waals surface area (Å²) in [6.45, 7) is 3.36. The van der Waals surface area contributed by atoms with Crippen LogP contribution in [0.4, 0.5) is 10.1 Å². The number of hydrogen-bond acceptors (Lipinski definition) is 8. The molecule has 14 heteroatoms. The van der Waals surface area contributed by atoms with E-state index in [9.17, 15) is 31.1 Å². The molecular weight excluding hydrogens is 613 g/mol. The molecule has 2 N–H and O–H groups in total. The molecule has 11 nitrogen and oxygen atoms in total. The van der Waals surface area contributed by atoms with Crippen molar-refractivity contribution < 1.29 is 40.6 Å². The Hall–Kier alpha value is -3.72. The van der Waals surface area contributed by atoms with Gasteiger partial charge in [-0.2, -0.15) is 4.31 Å². The zero-order valence-corrected chi connectivity index (χ0v) is 26.4. The standard InChI is InChI=1S/C30H36FN3O8S2/c1-20-17-34(21(2)19-35)30(36)16-22-15-24(32-43(37,38)26-10-5-23(31)6-11-26)7-14-28(22)42-29(20)18-33(3)44(39,40)27-12-8-25(41-4)9-13-27/h5-15,20-21,29,32,35H,16-19H2,1-4H3/t20-,21+,29-/m1/s1. The van der Waals surface area contributed by atoms with Crippen LogP contribution in [0.5, 0.6) is 11.5 Å². The van der Waals surface area contributed by atoms with E-state index in [1.807, 2.05) is 6.92 Å². The number of carbonyl (C=O) groups excluding carboxylic acids is 1. The number of sulfonamides is 2. The number of nitrogens with zero attached hydrogens (tertiary/aromatic N) is 2. The molecule has 0 radical (unpaired) electrons. The molecule has 1 heterocycles. The van der Waals surface area contributed by atoms with Gasteiger partial charge in [0.15, 0.2) is 0 Å². The number of likely N-dealkylation sites (N-methyl/N-ethyl adjacent to an activating group) is 1. The van der Waals surface area contributed by atoms with Crippen molar-refractivity contribution in [2.45, 2.75) is 42.2 Å². The predicted octanol–water partition coefficient (Wildman–Crippen LogP) is 3.10. The van der Waals surface area contributed by atoms with E-state index in [4.69, 9.17) is 9.47 Å². The smallest absolute Gasteiger partial charge is 0.261 e. The number of fused-ring (bicyclic) bond motifs is 1. The molecule has 4 rings (SSSR count). The molecule has 0 unspecified atom stereocenters. The van der Waals surface area contributed by atoms with E-state index in [2.05, 4.69) is 4.72 Å². The molecule has 1 aliphatic rings. The molecule has 1 aliphatic heterocycles. The highest BCUT2D eigenvalue weighted by Gasteiger charge is 2.33. The van der Waals surface area contributed by atoms with Gasteiger partial charge in [0, 0.05) is 30.8 Å². The van der Waals surface area contributed by atoms with Gasteiger partial charge >= 0.3 is 0 Å². The first-order valence-corrected chi connectivity index (χ1v) is 16.8. The van der Waals surface area contributed by atoms with Gasteiger partial charge in [0.05, 0.1) is 42.5 Å². The van der Waals surface area contributed by atoms with Crippen LogP contribution in [0, 0.1) is 11.7 Å². The first kappa shape index (κ1) is 33.2. The molecule has 3 atom stereocenters. The van der Waals surface area contributed by atoms with Crippen molar-refractivity contribution >= 4 is 31.6 Å². The van der Waals surface area contributed by atoms with Gasteiger partial charge in [0.2, 0.25) is 15.9 Å². The number of anilines is 1. The summed E-state index contributed by atoms with van der Waals surface area (Å²) in [6.07, 6.45) is -0.890. The fraction of sp³-hybridized carbons (Fsp3) is 0.367. The molecule has 0 aromatic heterocycles. The second kappa shape index (κ2) is 13.5. The number of hydrogen-bond donors (Lipinski definition) is 2. The average Bonchev–Trinajstić information content (AvgIpc) is 3.04. The molecule has 0 bridgehead atoms. The quantitative estimate of drug-likeness (QED) is 0.341. The lowest BCUT2D eigenvalue weighted by Gasteiger charge is -2.33. The van der Waals surface area contributed by atoms with Gasteiger partial charge in [-0.3, -0.25) is 9.52 Å². The first-order valence-electron chi connectivity index (χ1n) is 13.8. The lowest BCUT2D eigenvalue weighted by molar-refractivity contribution is -0.134. The third kappa shape index (κ3) is 7.49. The van der Waals surface area contributed by atoms with E-state index in [-0.39, 0.29) is 59.2 Å². The van der Waals surface area contributed by atoms with E-state index in [1.165, 1.54) is 53.7 Å². The second-order valence-electron chi connectivity index (χ2n) is 10.7. The third-order valence-electron chi connectivity index (χ3n) is 7.50. The van der Waals surface area contributed by atoms with Gasteiger partial charge in [-0.25, -0.2) is 21.2 Å². The summed E-state index contributed by atoms with van der Waals surface area (Å²) in [5, 5.41) is 9.88. The van der Waals surface area contributed by atoms with Gasteiger partial charge in [-0.05, 0) is 73.7 Å². The SMILES string of the molecule is COc1ccc(S(=O)(=O)N(C)C[C@H]2Oc3ccc(NS(=O)(=O)c4ccc(F)cc4)cc3CC(=O)N([C@@H](C)CO)C[C@H]2C)cc1. The van der Waals surface area contributed by atoms with Gasteiger partial charge in [0.25, 0.3) is 10.0 Å². The van der Waals surface area contributed by atoms with Crippen LogP contribution in [-0.4, -0.2) is 83.1 Å². The minimum atomic E-state index is -4.07. The van der Waals surface area contributed by atoms with Crippen LogP contribution in [0.2, 0.25) is 0 Å². The van der Waals surface area contributed by atoms with Crippen molar-refractivity contribution in [1.29, 1.82) is 0 Å². The van der Waals surface area contributed by atoms with Crippen LogP contribution in [0.25, 0.3) is 0 Å². The fourth-order valence-electron chi connectivity index (χ4n) is 4.82. The Kier molecular flexibility index (Phi) is 10.2. The molecule has 0 saturated carbocycles. The Morgan fingerprint density at radius 3 is 2.32 bits per heavy atom. The lowest BCUT2D eigenvalue weighted by atomic mass is 10.0. The Labute approximate surface area is 257 Å². The second-order valence-corrected chi connectivity index (χ2v) is 14.5. The monoisotopic (exact) mass is 649 g/mol. The van der Waals surface area contributed by atoms with E-state index in [0.29, 0.717) is 11.3 Å². The Bertz CT molecular complexity index is 1680. The summed E-state index contributed by atoms with van der Waals surface area (Å²) >= 11 is 0. The van der Waals surface area contributed by atoms with Gasteiger partial charge < -0.3 is 19.5 Å². The number of halogens is 1. The first-order chi connectivity index (χ1) is 20.7. The van der Waals surface area contributed by atoms with Crippen LogP contribution in [0.1, 0.15) is 19.4 Å². The summed E-state index contributed by atoms with van der Waals surface area (Å²) in [7, 11) is -5.07. The highest BCUT2D eigenvalue weighted by atomic mass is 32.2. The summed E-state index contributed by atoms with van der Waals surface area (Å²) in [4.78, 5) is 14.9. The average molecular weight is 650 g/mol. The molecule has 3 aromatic carbocycles. The Morgan fingerprint density at radius 1 is 1.07 bits per heavy atom. The number of aliphatic hydroxyl groups is 1. The molecule has 0 saturated heterocycles. The molecule has 0 fully saturated rings. The minimum Gasteiger partial charge on any atom is -0.497 e. The number of carbonyl (C=O) groups is 1. The lowest BCUT2D eigenvalue weighted by Crippen LogP contribution is -2.48. The molecule has 3 aromatic rings. The Morgan fingerprint density at radius 2 is 1.70 bits per heavy atom. The largest absolute Gasteiger partial charge is 0.497 e. The van der Waals surface area contributed by atoms with Crippen LogP contribution in [0.3, 0.4) is 0 Å². The fourth-order valence-corrected chi connectivity index (χ4v) is 7.05. The summed E-state index contributed by atoms with van der Waals surface area (Å²) < 4.78 is 81.1. The number of methoxy groups -OCH3 is 1. The van der Waals surface area contributed by atoms with Crippen LogP contribution >= 0.6 is 0 Å². The molecule has 0 spiro atoms. The Balaban J connectivity index is 1.67. The van der Waals surface area contributed by atoms with Gasteiger partial charge in [-0.15, -0.1) is 0 Å². The van der Waals surface area contributed by atoms with E-state index < -0.39 is 38.0 Å². The molecule has 44 heavy (non-hydrogen) atoms. The summed E-state index contributed by atoms with van der Waals surface area (Å²) in [5.74, 6) is -0.470. The number of amides is 1. The molecular formula is C30H36FN3O8S2. The maximum absolute atomic E-state index is 13.5. The van der Waals surface area contributed by atoms with E-state index in [1.54, 1.807) is 19.1 Å². The van der Waals surface area contributed by atoms with Crippen molar-refractivity contribution in [3.05, 3.63) is 78.1 Å². The van der Waals surface area contributed by atoms with Crippen molar-refractivity contribution in [2.24, 2.45) is 5.92 Å². The normalized spacial score (nSPS) is 18.4. The maximum Gasteiger partial charge on any atom is 0.261 e. The predicted molar refractivity (Wildman–Crippen MR) is 162 cm³/mol. The van der Waals surface area contributed by atoms with Crippen molar-refractivity contribution in [1.82, 2.24) is 9.21 Å². The molecule has 0 aliphatic carbocycles. The number of aliphatic hydroxyl groups excluding tert-OH is 1. The van der Waals surface area contributed by atoms with Crippen LogP contribution in [0.15, 0.2) is 76.5 Å². The number of rotatable bonds is 10. The number of benzene rings is 3. The minimum absolute atomic E-state index is 0.0660. The number of ether oxygens (including phenoxy) is 2. The third-order valence-corrected chi connectivity index (χ3v) is 10.7. The van der Waals surface area contributed by atoms with Crippen molar-refractivity contribution in [3.63, 3.8) is 0 Å². The van der Waals surface area contributed by atoms with E-state index >= 15 is 0 Å². The highest BCUT2D eigenvalue weighted by molar-refractivity contribution is 7.92. The van der Waals surface area contributed by atoms with Crippen molar-refractivity contribution in [2.75, 3.05) is 38.6 Å². The summed E-state index contributed by atoms with van der Waals surface area (Å²) in [6, 6.07) is 14.3. The molecule has 1 amide bonds. The van der Waals surface area contributed by atoms with Gasteiger partial charge in [0.1, 0.15) is 23.4 Å². The van der Waals surface area contributed by atoms with E-state index in [0.717, 1.165) is 24.3 Å². The highest BCUT2D eigenvalue weighted by Crippen LogP contribution is 2.31. The van der Waals surface area contributed by atoms with Crippen LogP contribution < -0.4 is 14.2 Å². The zero-order chi connectivity index (χ0) is 32.2. The topological polar surface area (TPSA) is 143 Å². The number of nitrogens with one attached hydrogen (secondary N) is 1. The van der Waals surface area contributed by atoms with Gasteiger partial charge in [-0.1, -0.05) is 6.92 Å². The molecule has 238 valence electrons. The maximum atomic E-state index is 13.5.